The molecule has 1 aromatic carbocycles. The minimum atomic E-state index is -1.21. The van der Waals surface area contributed by atoms with Crippen LogP contribution in [0, 0.1) is 0 Å². The number of carboxylic acid groups (broad SMARTS) is 1. The van der Waals surface area contributed by atoms with Crippen LogP contribution in [0.1, 0.15) is 30.3 Å². The minimum absolute atomic E-state index is 0.355. The van der Waals surface area contributed by atoms with Gasteiger partial charge in [0, 0.05) is 17.4 Å². The smallest absolute Gasteiger partial charge is 0.305 e. The predicted molar refractivity (Wildman–Crippen MR) is 104 cm³/mol. The normalized spacial score (nSPS) is 12.8. The summed E-state index contributed by atoms with van der Waals surface area (Å²) in [6, 6.07) is 7.21. The largest absolute Gasteiger partial charge is 0.481 e. The molecule has 1 heterocycles. The van der Waals surface area contributed by atoms with Gasteiger partial charge in [-0.15, -0.1) is 6.58 Å². The molecule has 0 fully saturated rings. The number of hydrogen-bond acceptors (Lipinski definition) is 4. The van der Waals surface area contributed by atoms with Gasteiger partial charge in [-0.3, -0.25) is 14.4 Å². The van der Waals surface area contributed by atoms with E-state index in [1.165, 1.54) is 6.92 Å². The van der Waals surface area contributed by atoms with Crippen LogP contribution in [-0.4, -0.2) is 45.8 Å². The van der Waals surface area contributed by atoms with Gasteiger partial charge in [0.2, 0.25) is 5.91 Å². The average molecular weight is 385 g/mol. The number of benzene rings is 1. The van der Waals surface area contributed by atoms with Crippen LogP contribution in [0.25, 0.3) is 10.9 Å². The standard InChI is InChI=1S/C20H23N3O5/c1-3-4-9-23-16-8-6-5-7-14(16)10-17(23)20(28)21-13(2)19(27)22-15(12-24)11-18(25)26/h3,5-8,10,12-13,15H,1,4,9,11H2,2H3,(H,21,28)(H,22,27)(H,25,26)/t13-,15-/m0/s1. The van der Waals surface area contributed by atoms with E-state index < -0.39 is 36.3 Å². The zero-order valence-corrected chi connectivity index (χ0v) is 15.6. The number of aldehydes is 1. The molecule has 1 aromatic heterocycles. The van der Waals surface area contributed by atoms with Crippen LogP contribution in [-0.2, 0) is 20.9 Å². The number of carboxylic acids is 1. The van der Waals surface area contributed by atoms with Gasteiger partial charge in [-0.25, -0.2) is 0 Å². The quantitative estimate of drug-likeness (QED) is 0.423. The molecule has 2 amide bonds. The van der Waals surface area contributed by atoms with E-state index in [-0.39, 0.29) is 0 Å². The molecule has 3 N–H and O–H groups in total. The van der Waals surface area contributed by atoms with E-state index in [2.05, 4.69) is 17.2 Å². The lowest BCUT2D eigenvalue weighted by molar-refractivity contribution is -0.138. The van der Waals surface area contributed by atoms with E-state index in [1.807, 2.05) is 28.8 Å². The lowest BCUT2D eigenvalue weighted by Gasteiger charge is -2.17. The van der Waals surface area contributed by atoms with Crippen LogP contribution in [0.2, 0.25) is 0 Å². The molecule has 0 aliphatic rings. The topological polar surface area (TPSA) is 118 Å². The van der Waals surface area contributed by atoms with Crippen molar-refractivity contribution in [2.45, 2.75) is 38.4 Å². The fourth-order valence-corrected chi connectivity index (χ4v) is 2.82. The Morgan fingerprint density at radius 1 is 1.25 bits per heavy atom. The fourth-order valence-electron chi connectivity index (χ4n) is 2.82. The van der Waals surface area contributed by atoms with Crippen molar-refractivity contribution in [2.75, 3.05) is 0 Å². The van der Waals surface area contributed by atoms with Gasteiger partial charge in [-0.05, 0) is 25.5 Å². The molecule has 0 saturated heterocycles. The first-order valence-corrected chi connectivity index (χ1v) is 8.84. The number of nitrogens with zero attached hydrogens (tertiary/aromatic N) is 1. The fraction of sp³-hybridized carbons (Fsp3) is 0.300. The zero-order valence-electron chi connectivity index (χ0n) is 15.6. The van der Waals surface area contributed by atoms with Gasteiger partial charge in [-0.2, -0.15) is 0 Å². The third-order valence-corrected chi connectivity index (χ3v) is 4.23. The Hall–Kier alpha value is -3.42. The Bertz CT molecular complexity index is 902. The maximum absolute atomic E-state index is 12.7. The van der Waals surface area contributed by atoms with Crippen molar-refractivity contribution in [2.24, 2.45) is 0 Å². The molecule has 0 aliphatic carbocycles. The first-order valence-electron chi connectivity index (χ1n) is 8.84. The average Bonchev–Trinajstić information content (AvgIpc) is 3.03. The number of allylic oxidation sites excluding steroid dienone is 1. The first kappa shape index (κ1) is 20.9. The summed E-state index contributed by atoms with van der Waals surface area (Å²) in [5, 5.41) is 14.5. The molecular weight excluding hydrogens is 362 g/mol. The molecule has 2 atom stereocenters. The SMILES string of the molecule is C=CCCn1c(C(=O)N[C@@H](C)C(=O)N[C@H](C=O)CC(=O)O)cc2ccccc21. The molecule has 0 spiro atoms. The Kier molecular flexibility index (Phi) is 7.08. The number of fused-ring (bicyclic) bond motifs is 1. The van der Waals surface area contributed by atoms with E-state index in [0.29, 0.717) is 24.9 Å². The lowest BCUT2D eigenvalue weighted by atomic mass is 10.2. The summed E-state index contributed by atoms with van der Waals surface area (Å²) in [6.07, 6.45) is 2.26. The van der Waals surface area contributed by atoms with E-state index >= 15 is 0 Å². The summed E-state index contributed by atoms with van der Waals surface area (Å²) in [7, 11) is 0. The second kappa shape index (κ2) is 9.50. The van der Waals surface area contributed by atoms with Crippen molar-refractivity contribution < 1.29 is 24.3 Å². The molecule has 0 radical (unpaired) electrons. The van der Waals surface area contributed by atoms with Crippen LogP contribution in [0.5, 0.6) is 0 Å². The summed E-state index contributed by atoms with van der Waals surface area (Å²) in [6.45, 7) is 5.73. The lowest BCUT2D eigenvalue weighted by Crippen LogP contribution is -2.49. The summed E-state index contributed by atoms with van der Waals surface area (Å²) >= 11 is 0. The number of amides is 2. The molecule has 2 aromatic rings. The van der Waals surface area contributed by atoms with Crippen LogP contribution < -0.4 is 10.6 Å². The van der Waals surface area contributed by atoms with Gasteiger partial charge in [0.25, 0.3) is 5.91 Å². The number of rotatable bonds is 10. The molecule has 8 nitrogen and oxygen atoms in total. The van der Waals surface area contributed by atoms with Crippen LogP contribution in [0.4, 0.5) is 0 Å². The zero-order chi connectivity index (χ0) is 20.7. The monoisotopic (exact) mass is 385 g/mol. The Balaban J connectivity index is 2.15. The van der Waals surface area contributed by atoms with Crippen LogP contribution in [0.15, 0.2) is 43.0 Å². The molecule has 28 heavy (non-hydrogen) atoms. The number of carbonyl (C=O) groups excluding carboxylic acids is 3. The second-order valence-electron chi connectivity index (χ2n) is 6.36. The highest BCUT2D eigenvalue weighted by Crippen LogP contribution is 2.20. The number of carbonyl (C=O) groups is 4. The van der Waals surface area contributed by atoms with Crippen molar-refractivity contribution in [1.82, 2.24) is 15.2 Å². The summed E-state index contributed by atoms with van der Waals surface area (Å²) in [5.74, 6) is -2.29. The number of aromatic nitrogens is 1. The highest BCUT2D eigenvalue weighted by Gasteiger charge is 2.23. The van der Waals surface area contributed by atoms with E-state index in [4.69, 9.17) is 5.11 Å². The summed E-state index contributed by atoms with van der Waals surface area (Å²) < 4.78 is 1.86. The molecule has 0 aliphatic heterocycles. The van der Waals surface area contributed by atoms with E-state index in [9.17, 15) is 19.2 Å². The van der Waals surface area contributed by atoms with Crippen molar-refractivity contribution in [3.8, 4) is 0 Å². The Labute approximate surface area is 162 Å². The third kappa shape index (κ3) is 5.06. The van der Waals surface area contributed by atoms with Gasteiger partial charge in [0.15, 0.2) is 0 Å². The van der Waals surface area contributed by atoms with Gasteiger partial charge < -0.3 is 25.1 Å². The van der Waals surface area contributed by atoms with Crippen molar-refractivity contribution in [3.63, 3.8) is 0 Å². The Morgan fingerprint density at radius 3 is 2.61 bits per heavy atom. The van der Waals surface area contributed by atoms with Crippen molar-refractivity contribution in [1.29, 1.82) is 0 Å². The number of aliphatic carboxylic acids is 1. The second-order valence-corrected chi connectivity index (χ2v) is 6.36. The van der Waals surface area contributed by atoms with Gasteiger partial charge in [0.1, 0.15) is 18.0 Å². The number of aryl methyl sites for hydroxylation is 1. The maximum atomic E-state index is 12.7. The number of nitrogens with one attached hydrogen (secondary N) is 2. The summed E-state index contributed by atoms with van der Waals surface area (Å²) in [5.41, 5.74) is 1.30. The van der Waals surface area contributed by atoms with Gasteiger partial charge in [0.05, 0.1) is 12.5 Å². The first-order chi connectivity index (χ1) is 13.4. The molecule has 0 saturated carbocycles. The van der Waals surface area contributed by atoms with Crippen LogP contribution in [0.3, 0.4) is 0 Å². The highest BCUT2D eigenvalue weighted by molar-refractivity contribution is 6.01. The van der Waals surface area contributed by atoms with Crippen molar-refractivity contribution in [3.05, 3.63) is 48.7 Å². The number of hydrogen-bond donors (Lipinski definition) is 3. The highest BCUT2D eigenvalue weighted by atomic mass is 16.4. The minimum Gasteiger partial charge on any atom is -0.481 e. The van der Waals surface area contributed by atoms with Crippen LogP contribution >= 0.6 is 0 Å². The molecular formula is C20H23N3O5. The summed E-state index contributed by atoms with van der Waals surface area (Å²) in [4.78, 5) is 46.5. The molecule has 0 unspecified atom stereocenters. The molecule has 2 rings (SSSR count). The molecule has 8 heteroatoms. The molecule has 0 bridgehead atoms. The van der Waals surface area contributed by atoms with E-state index in [0.717, 1.165) is 10.9 Å². The third-order valence-electron chi connectivity index (χ3n) is 4.23. The number of para-hydroxylation sites is 1. The van der Waals surface area contributed by atoms with Crippen molar-refractivity contribution >= 4 is 35.0 Å². The maximum Gasteiger partial charge on any atom is 0.305 e. The molecule has 148 valence electrons. The van der Waals surface area contributed by atoms with E-state index in [1.54, 1.807) is 12.1 Å². The van der Waals surface area contributed by atoms with Gasteiger partial charge >= 0.3 is 5.97 Å². The Morgan fingerprint density at radius 2 is 1.96 bits per heavy atom. The predicted octanol–water partition coefficient (Wildman–Crippen LogP) is 1.49. The van der Waals surface area contributed by atoms with Gasteiger partial charge in [-0.1, -0.05) is 24.3 Å².